The Morgan fingerprint density at radius 1 is 1.28 bits per heavy atom. The number of carboxylic acids is 1. The Labute approximate surface area is 108 Å². The van der Waals surface area contributed by atoms with Crippen molar-refractivity contribution in [1.82, 2.24) is 0 Å². The molecule has 0 heterocycles. The molecule has 0 aliphatic carbocycles. The number of phenols is 1. The summed E-state index contributed by atoms with van der Waals surface area (Å²) in [5.74, 6) is -0.763. The van der Waals surface area contributed by atoms with Crippen LogP contribution in [-0.4, -0.2) is 16.2 Å². The predicted octanol–water partition coefficient (Wildman–Crippen LogP) is 3.34. The number of benzene rings is 1. The van der Waals surface area contributed by atoms with Crippen LogP contribution in [0.1, 0.15) is 50.3 Å². The molecule has 0 aliphatic rings. The van der Waals surface area contributed by atoms with E-state index in [1.54, 1.807) is 6.92 Å². The summed E-state index contributed by atoms with van der Waals surface area (Å²) in [7, 11) is 0. The van der Waals surface area contributed by atoms with Crippen molar-refractivity contribution < 1.29 is 15.0 Å². The molecule has 1 atom stereocenters. The summed E-state index contributed by atoms with van der Waals surface area (Å²) < 4.78 is 0. The molecule has 1 unspecified atom stereocenters. The molecule has 0 bridgehead atoms. The number of aromatic hydroxyl groups is 1. The summed E-state index contributed by atoms with van der Waals surface area (Å²) in [5.41, 5.74) is 2.71. The molecular weight excluding hydrogens is 228 g/mol. The minimum atomic E-state index is -0.828. The first-order chi connectivity index (χ1) is 8.38. The number of carbonyl (C=O) groups is 1. The van der Waals surface area contributed by atoms with E-state index in [4.69, 9.17) is 5.11 Å². The molecule has 0 saturated carbocycles. The molecule has 3 nitrogen and oxygen atoms in total. The van der Waals surface area contributed by atoms with Gasteiger partial charge in [-0.3, -0.25) is 4.79 Å². The first-order valence-electron chi connectivity index (χ1n) is 6.44. The van der Waals surface area contributed by atoms with Crippen LogP contribution in [0, 0.1) is 5.92 Å². The average Bonchev–Trinajstić information content (AvgIpc) is 2.30. The van der Waals surface area contributed by atoms with Crippen molar-refractivity contribution >= 4 is 5.97 Å². The van der Waals surface area contributed by atoms with Gasteiger partial charge in [-0.25, -0.2) is 0 Å². The topological polar surface area (TPSA) is 57.5 Å². The highest BCUT2D eigenvalue weighted by Crippen LogP contribution is 2.32. The van der Waals surface area contributed by atoms with E-state index in [2.05, 4.69) is 13.8 Å². The maximum Gasteiger partial charge on any atom is 0.306 e. The van der Waals surface area contributed by atoms with Gasteiger partial charge >= 0.3 is 5.97 Å². The van der Waals surface area contributed by atoms with Gasteiger partial charge in [0.05, 0.1) is 5.92 Å². The highest BCUT2D eigenvalue weighted by molar-refractivity contribution is 5.70. The fourth-order valence-corrected chi connectivity index (χ4v) is 2.13. The number of carboxylic acid groups (broad SMARTS) is 1. The van der Waals surface area contributed by atoms with Crippen molar-refractivity contribution in [3.8, 4) is 5.75 Å². The Hall–Kier alpha value is -1.51. The molecule has 0 fully saturated rings. The molecule has 0 aromatic heterocycles. The summed E-state index contributed by atoms with van der Waals surface area (Å²) in [6.45, 7) is 7.75. The van der Waals surface area contributed by atoms with E-state index in [1.807, 2.05) is 19.1 Å². The van der Waals surface area contributed by atoms with Crippen LogP contribution in [0.25, 0.3) is 0 Å². The highest BCUT2D eigenvalue weighted by atomic mass is 16.4. The van der Waals surface area contributed by atoms with Crippen LogP contribution in [0.4, 0.5) is 0 Å². The fourth-order valence-electron chi connectivity index (χ4n) is 2.13. The van der Waals surface area contributed by atoms with Crippen LogP contribution in [0.3, 0.4) is 0 Å². The number of aliphatic carboxylic acids is 1. The van der Waals surface area contributed by atoms with E-state index >= 15 is 0 Å². The first-order valence-corrected chi connectivity index (χ1v) is 6.44. The third-order valence-electron chi connectivity index (χ3n) is 3.34. The monoisotopic (exact) mass is 250 g/mol. The third kappa shape index (κ3) is 3.03. The normalized spacial score (nSPS) is 12.7. The lowest BCUT2D eigenvalue weighted by Crippen LogP contribution is -2.14. The molecule has 1 aromatic rings. The molecule has 3 heteroatoms. The van der Waals surface area contributed by atoms with Crippen molar-refractivity contribution in [2.75, 3.05) is 0 Å². The van der Waals surface area contributed by atoms with Gasteiger partial charge in [-0.15, -0.1) is 0 Å². The Bertz CT molecular complexity index is 436. The molecule has 0 spiro atoms. The largest absolute Gasteiger partial charge is 0.507 e. The van der Waals surface area contributed by atoms with Gasteiger partial charge in [-0.1, -0.05) is 39.8 Å². The summed E-state index contributed by atoms with van der Waals surface area (Å²) >= 11 is 0. The van der Waals surface area contributed by atoms with Crippen LogP contribution in [-0.2, 0) is 17.6 Å². The fraction of sp³-hybridized carbons (Fsp3) is 0.533. The average molecular weight is 250 g/mol. The first kappa shape index (κ1) is 14.6. The minimum absolute atomic E-state index is 0.275. The second kappa shape index (κ2) is 5.89. The van der Waals surface area contributed by atoms with Crippen LogP contribution in [0.15, 0.2) is 12.1 Å². The van der Waals surface area contributed by atoms with Gasteiger partial charge in [0.1, 0.15) is 5.75 Å². The predicted molar refractivity (Wildman–Crippen MR) is 72.1 cm³/mol. The van der Waals surface area contributed by atoms with Crippen molar-refractivity contribution in [3.63, 3.8) is 0 Å². The zero-order valence-electron chi connectivity index (χ0n) is 11.5. The molecule has 18 heavy (non-hydrogen) atoms. The number of hydrogen-bond donors (Lipinski definition) is 2. The van der Waals surface area contributed by atoms with Crippen LogP contribution >= 0.6 is 0 Å². The smallest absolute Gasteiger partial charge is 0.306 e. The van der Waals surface area contributed by atoms with Gasteiger partial charge in [0.2, 0.25) is 0 Å². The van der Waals surface area contributed by atoms with Crippen LogP contribution in [0.2, 0.25) is 0 Å². The molecule has 1 aromatic carbocycles. The molecule has 2 N–H and O–H groups in total. The van der Waals surface area contributed by atoms with E-state index in [9.17, 15) is 9.90 Å². The third-order valence-corrected chi connectivity index (χ3v) is 3.34. The molecule has 0 radical (unpaired) electrons. The van der Waals surface area contributed by atoms with Gasteiger partial charge in [-0.05, 0) is 35.4 Å². The van der Waals surface area contributed by atoms with E-state index in [-0.39, 0.29) is 11.7 Å². The van der Waals surface area contributed by atoms with Gasteiger partial charge < -0.3 is 10.2 Å². The molecule has 1 rings (SSSR count). The summed E-state index contributed by atoms with van der Waals surface area (Å²) in [4.78, 5) is 11.0. The van der Waals surface area contributed by atoms with Crippen LogP contribution < -0.4 is 0 Å². The van der Waals surface area contributed by atoms with Crippen LogP contribution in [0.5, 0.6) is 5.75 Å². The summed E-state index contributed by atoms with van der Waals surface area (Å²) in [6, 6.07) is 3.94. The van der Waals surface area contributed by atoms with E-state index in [1.165, 1.54) is 0 Å². The summed E-state index contributed by atoms with van der Waals surface area (Å²) in [6.07, 6.45) is 1.13. The molecule has 0 amide bonds. The van der Waals surface area contributed by atoms with Gasteiger partial charge in [-0.2, -0.15) is 0 Å². The van der Waals surface area contributed by atoms with Crippen molar-refractivity contribution in [1.29, 1.82) is 0 Å². The number of phenolic OH excluding ortho intramolecular Hbond substituents is 1. The van der Waals surface area contributed by atoms with Crippen molar-refractivity contribution in [3.05, 3.63) is 28.8 Å². The lowest BCUT2D eigenvalue weighted by Gasteiger charge is -2.18. The van der Waals surface area contributed by atoms with Gasteiger partial charge in [0.25, 0.3) is 0 Å². The Kier molecular flexibility index (Phi) is 4.76. The van der Waals surface area contributed by atoms with Gasteiger partial charge in [0, 0.05) is 0 Å². The van der Waals surface area contributed by atoms with Crippen molar-refractivity contribution in [2.45, 2.75) is 46.5 Å². The van der Waals surface area contributed by atoms with E-state index in [0.717, 1.165) is 23.1 Å². The quantitative estimate of drug-likeness (QED) is 0.842. The van der Waals surface area contributed by atoms with Crippen molar-refractivity contribution in [2.24, 2.45) is 5.92 Å². The zero-order valence-corrected chi connectivity index (χ0v) is 11.5. The SMILES string of the molecule is CCc1ccc(C(C)C)c(CC(C)C(=O)O)c1O. The minimum Gasteiger partial charge on any atom is -0.507 e. The number of aryl methyl sites for hydroxylation is 1. The molecule has 0 saturated heterocycles. The number of hydrogen-bond acceptors (Lipinski definition) is 2. The second-order valence-electron chi connectivity index (χ2n) is 5.09. The van der Waals surface area contributed by atoms with E-state index < -0.39 is 11.9 Å². The maximum absolute atomic E-state index is 11.0. The lowest BCUT2D eigenvalue weighted by molar-refractivity contribution is -0.141. The summed E-state index contributed by atoms with van der Waals surface area (Å²) in [5, 5.41) is 19.3. The Balaban J connectivity index is 3.23. The lowest BCUT2D eigenvalue weighted by atomic mass is 9.88. The molecular formula is C15H22O3. The zero-order chi connectivity index (χ0) is 13.9. The Morgan fingerprint density at radius 3 is 2.33 bits per heavy atom. The Morgan fingerprint density at radius 2 is 1.89 bits per heavy atom. The number of rotatable bonds is 5. The molecule has 0 aliphatic heterocycles. The van der Waals surface area contributed by atoms with Gasteiger partial charge in [0.15, 0.2) is 0 Å². The standard InChI is InChI=1S/C15H22O3/c1-5-11-6-7-12(9(2)3)13(14(11)16)8-10(4)15(17)18/h6-7,9-10,16H,5,8H2,1-4H3,(H,17,18). The maximum atomic E-state index is 11.0. The molecule has 100 valence electrons. The highest BCUT2D eigenvalue weighted by Gasteiger charge is 2.19. The second-order valence-corrected chi connectivity index (χ2v) is 5.09. The van der Waals surface area contributed by atoms with E-state index in [0.29, 0.717) is 6.42 Å².